The SMILES string of the molecule is Cc1nn(C)cc1C(NN)C1CCOC2(CCSCC2)C1. The number of nitrogens with zero attached hydrogens (tertiary/aromatic N) is 2. The van der Waals surface area contributed by atoms with Gasteiger partial charge in [-0.25, -0.2) is 0 Å². The van der Waals surface area contributed by atoms with E-state index in [2.05, 4.69) is 23.6 Å². The molecule has 2 fully saturated rings. The summed E-state index contributed by atoms with van der Waals surface area (Å²) in [6, 6.07) is 0.175. The van der Waals surface area contributed by atoms with Crippen LogP contribution in [0.5, 0.6) is 0 Å². The van der Waals surface area contributed by atoms with E-state index in [1.807, 2.05) is 23.5 Å². The van der Waals surface area contributed by atoms with Crippen molar-refractivity contribution >= 4 is 11.8 Å². The average Bonchev–Trinajstić information content (AvgIpc) is 2.80. The highest BCUT2D eigenvalue weighted by Crippen LogP contribution is 2.43. The Hall–Kier alpha value is -0.560. The Morgan fingerprint density at radius 2 is 2.29 bits per heavy atom. The minimum absolute atomic E-state index is 0.0966. The van der Waals surface area contributed by atoms with Crippen LogP contribution in [0, 0.1) is 12.8 Å². The molecule has 1 aromatic heterocycles. The van der Waals surface area contributed by atoms with Crippen molar-refractivity contribution in [3.05, 3.63) is 17.5 Å². The van der Waals surface area contributed by atoms with Gasteiger partial charge in [-0.1, -0.05) is 0 Å². The molecule has 2 unspecified atom stereocenters. The molecule has 118 valence electrons. The smallest absolute Gasteiger partial charge is 0.0701 e. The molecule has 0 aromatic carbocycles. The van der Waals surface area contributed by atoms with Crippen molar-refractivity contribution in [2.75, 3.05) is 18.1 Å². The van der Waals surface area contributed by atoms with Crippen LogP contribution < -0.4 is 11.3 Å². The number of nitrogens with one attached hydrogen (secondary N) is 1. The number of nitrogens with two attached hydrogens (primary N) is 1. The summed E-state index contributed by atoms with van der Waals surface area (Å²) in [5.74, 6) is 8.87. The summed E-state index contributed by atoms with van der Waals surface area (Å²) in [6.45, 7) is 2.92. The average molecular weight is 310 g/mol. The van der Waals surface area contributed by atoms with Crippen molar-refractivity contribution in [1.29, 1.82) is 0 Å². The maximum atomic E-state index is 6.20. The van der Waals surface area contributed by atoms with Crippen LogP contribution in [-0.2, 0) is 11.8 Å². The molecule has 3 heterocycles. The Kier molecular flexibility index (Phi) is 4.59. The molecule has 0 radical (unpaired) electrons. The Bertz CT molecular complexity index is 479. The van der Waals surface area contributed by atoms with Crippen LogP contribution in [-0.4, -0.2) is 33.5 Å². The Morgan fingerprint density at radius 1 is 1.52 bits per heavy atom. The van der Waals surface area contributed by atoms with Gasteiger partial charge in [0, 0.05) is 25.4 Å². The molecule has 0 aliphatic carbocycles. The molecular weight excluding hydrogens is 284 g/mol. The standard InChI is InChI=1S/C15H26N4OS/c1-11-13(10-19(2)18-11)14(17-16)12-3-6-20-15(9-12)4-7-21-8-5-15/h10,12,14,17H,3-9,16H2,1-2H3. The van der Waals surface area contributed by atoms with Gasteiger partial charge in [-0.05, 0) is 50.0 Å². The van der Waals surface area contributed by atoms with E-state index in [1.165, 1.54) is 29.9 Å². The van der Waals surface area contributed by atoms with Gasteiger partial charge in [-0.3, -0.25) is 16.0 Å². The maximum Gasteiger partial charge on any atom is 0.0701 e. The van der Waals surface area contributed by atoms with E-state index in [9.17, 15) is 0 Å². The fourth-order valence-electron chi connectivity index (χ4n) is 3.85. The lowest BCUT2D eigenvalue weighted by atomic mass is 9.77. The Balaban J connectivity index is 1.78. The molecule has 21 heavy (non-hydrogen) atoms. The lowest BCUT2D eigenvalue weighted by molar-refractivity contribution is -0.107. The number of aromatic nitrogens is 2. The third-order valence-electron chi connectivity index (χ3n) is 4.97. The van der Waals surface area contributed by atoms with Crippen LogP contribution in [0.4, 0.5) is 0 Å². The summed E-state index contributed by atoms with van der Waals surface area (Å²) in [5.41, 5.74) is 5.45. The fraction of sp³-hybridized carbons (Fsp3) is 0.800. The zero-order valence-corrected chi connectivity index (χ0v) is 13.8. The summed E-state index contributed by atoms with van der Waals surface area (Å²) >= 11 is 2.05. The number of hydrogen-bond acceptors (Lipinski definition) is 5. The summed E-state index contributed by atoms with van der Waals surface area (Å²) in [6.07, 6.45) is 6.63. The third kappa shape index (κ3) is 3.13. The molecule has 1 spiro atoms. The van der Waals surface area contributed by atoms with E-state index in [0.717, 1.165) is 25.1 Å². The molecule has 2 aliphatic heterocycles. The van der Waals surface area contributed by atoms with Gasteiger partial charge in [0.25, 0.3) is 0 Å². The van der Waals surface area contributed by atoms with E-state index in [4.69, 9.17) is 10.6 Å². The summed E-state index contributed by atoms with van der Waals surface area (Å²) < 4.78 is 8.08. The topological polar surface area (TPSA) is 65.1 Å². The Labute approximate surface area is 131 Å². The van der Waals surface area contributed by atoms with Gasteiger partial charge in [0.15, 0.2) is 0 Å². The highest BCUT2D eigenvalue weighted by Gasteiger charge is 2.41. The van der Waals surface area contributed by atoms with Crippen LogP contribution in [0.3, 0.4) is 0 Å². The van der Waals surface area contributed by atoms with Crippen LogP contribution in [0.15, 0.2) is 6.20 Å². The van der Waals surface area contributed by atoms with Crippen molar-refractivity contribution in [3.63, 3.8) is 0 Å². The first kappa shape index (κ1) is 15.3. The van der Waals surface area contributed by atoms with Gasteiger partial charge < -0.3 is 4.74 Å². The molecule has 0 bridgehead atoms. The van der Waals surface area contributed by atoms with Gasteiger partial charge in [-0.2, -0.15) is 16.9 Å². The van der Waals surface area contributed by atoms with E-state index in [-0.39, 0.29) is 11.6 Å². The van der Waals surface area contributed by atoms with Crippen molar-refractivity contribution in [3.8, 4) is 0 Å². The minimum atomic E-state index is 0.0966. The predicted molar refractivity (Wildman–Crippen MR) is 86.0 cm³/mol. The summed E-state index contributed by atoms with van der Waals surface area (Å²) in [7, 11) is 1.97. The second-order valence-corrected chi connectivity index (χ2v) is 7.61. The predicted octanol–water partition coefficient (Wildman–Crippen LogP) is 1.93. The molecule has 3 rings (SSSR count). The third-order valence-corrected chi connectivity index (χ3v) is 5.96. The van der Waals surface area contributed by atoms with Gasteiger partial charge in [0.2, 0.25) is 0 Å². The number of aryl methyl sites for hydroxylation is 2. The largest absolute Gasteiger partial charge is 0.375 e. The number of rotatable bonds is 3. The first-order chi connectivity index (χ1) is 10.1. The first-order valence-electron chi connectivity index (χ1n) is 7.81. The number of thioether (sulfide) groups is 1. The van der Waals surface area contributed by atoms with Gasteiger partial charge in [0.1, 0.15) is 0 Å². The second kappa shape index (κ2) is 6.28. The Morgan fingerprint density at radius 3 is 2.90 bits per heavy atom. The lowest BCUT2D eigenvalue weighted by Gasteiger charge is -2.45. The zero-order valence-electron chi connectivity index (χ0n) is 13.0. The van der Waals surface area contributed by atoms with Gasteiger partial charge >= 0.3 is 0 Å². The monoisotopic (exact) mass is 310 g/mol. The molecule has 2 atom stereocenters. The molecule has 2 saturated heterocycles. The summed E-state index contributed by atoms with van der Waals surface area (Å²) in [5, 5.41) is 4.47. The quantitative estimate of drug-likeness (QED) is 0.660. The van der Waals surface area contributed by atoms with Gasteiger partial charge in [-0.15, -0.1) is 0 Å². The highest BCUT2D eigenvalue weighted by atomic mass is 32.2. The van der Waals surface area contributed by atoms with E-state index in [1.54, 1.807) is 0 Å². The van der Waals surface area contributed by atoms with Crippen LogP contribution in [0.2, 0.25) is 0 Å². The molecule has 6 heteroatoms. The fourth-order valence-corrected chi connectivity index (χ4v) is 5.08. The second-order valence-electron chi connectivity index (χ2n) is 6.38. The number of hydrazine groups is 1. The van der Waals surface area contributed by atoms with Gasteiger partial charge in [0.05, 0.1) is 17.3 Å². The molecule has 5 nitrogen and oxygen atoms in total. The van der Waals surface area contributed by atoms with E-state index in [0.29, 0.717) is 5.92 Å². The van der Waals surface area contributed by atoms with Crippen molar-refractivity contribution < 1.29 is 4.74 Å². The minimum Gasteiger partial charge on any atom is -0.375 e. The zero-order chi connectivity index (χ0) is 14.9. The first-order valence-corrected chi connectivity index (χ1v) is 8.97. The number of hydrogen-bond donors (Lipinski definition) is 2. The van der Waals surface area contributed by atoms with Crippen LogP contribution in [0.1, 0.15) is 43.0 Å². The molecular formula is C15H26N4OS. The maximum absolute atomic E-state index is 6.20. The van der Waals surface area contributed by atoms with E-state index >= 15 is 0 Å². The highest BCUT2D eigenvalue weighted by molar-refractivity contribution is 7.99. The summed E-state index contributed by atoms with van der Waals surface area (Å²) in [4.78, 5) is 0. The van der Waals surface area contributed by atoms with Crippen molar-refractivity contribution in [1.82, 2.24) is 15.2 Å². The molecule has 2 aliphatic rings. The number of ether oxygens (including phenoxy) is 1. The molecule has 0 amide bonds. The van der Waals surface area contributed by atoms with Crippen molar-refractivity contribution in [2.24, 2.45) is 18.8 Å². The van der Waals surface area contributed by atoms with Crippen LogP contribution in [0.25, 0.3) is 0 Å². The molecule has 3 N–H and O–H groups in total. The van der Waals surface area contributed by atoms with Crippen LogP contribution >= 0.6 is 11.8 Å². The van der Waals surface area contributed by atoms with Crippen molar-refractivity contribution in [2.45, 2.75) is 44.2 Å². The van der Waals surface area contributed by atoms with E-state index < -0.39 is 0 Å². The lowest BCUT2D eigenvalue weighted by Crippen LogP contribution is -2.46. The normalized spacial score (nSPS) is 26.9. The molecule has 1 aromatic rings. The molecule has 0 saturated carbocycles.